The zero-order chi connectivity index (χ0) is 14.3. The van der Waals surface area contributed by atoms with Crippen molar-refractivity contribution in [1.29, 1.82) is 0 Å². The molecular weight excluding hydrogens is 318 g/mol. The maximum Gasteiger partial charge on any atom is 0.303 e. The van der Waals surface area contributed by atoms with Gasteiger partial charge in [0.1, 0.15) is 10.2 Å². The number of hydrogen-bond acceptors (Lipinski definition) is 4. The normalized spacial score (nSPS) is 10.2. The average Bonchev–Trinajstić information content (AvgIpc) is 2.34. The highest BCUT2D eigenvalue weighted by molar-refractivity contribution is 9.10. The van der Waals surface area contributed by atoms with Gasteiger partial charge in [0.15, 0.2) is 0 Å². The Hall–Kier alpha value is -1.63. The first-order valence-corrected chi connectivity index (χ1v) is 6.59. The van der Waals surface area contributed by atoms with E-state index >= 15 is 0 Å². The molecule has 0 atom stereocenters. The summed E-state index contributed by atoms with van der Waals surface area (Å²) in [5, 5.41) is 19.2. The molecule has 104 valence electrons. The maximum atomic E-state index is 10.7. The first-order valence-electron chi connectivity index (χ1n) is 5.80. The monoisotopic (exact) mass is 331 g/mol. The lowest BCUT2D eigenvalue weighted by Gasteiger charge is -2.07. The van der Waals surface area contributed by atoms with Crippen LogP contribution in [-0.4, -0.2) is 22.6 Å². The molecule has 0 unspecified atom stereocenters. The Morgan fingerprint density at radius 3 is 2.74 bits per heavy atom. The fourth-order valence-electron chi connectivity index (χ4n) is 1.49. The molecule has 19 heavy (non-hydrogen) atoms. The second-order valence-corrected chi connectivity index (χ2v) is 4.69. The Labute approximate surface area is 118 Å². The fourth-order valence-corrected chi connectivity index (χ4v) is 2.01. The molecule has 0 aliphatic heterocycles. The van der Waals surface area contributed by atoms with Crippen LogP contribution in [0.15, 0.2) is 22.7 Å². The van der Waals surface area contributed by atoms with Crippen LogP contribution in [-0.2, 0) is 4.79 Å². The molecule has 1 rings (SSSR count). The number of ether oxygens (including phenoxy) is 1. The van der Waals surface area contributed by atoms with Crippen molar-refractivity contribution >= 4 is 27.6 Å². The van der Waals surface area contributed by atoms with E-state index in [9.17, 15) is 14.9 Å². The molecule has 1 aromatic rings. The van der Waals surface area contributed by atoms with E-state index in [2.05, 4.69) is 15.9 Å². The van der Waals surface area contributed by atoms with Gasteiger partial charge in [-0.15, -0.1) is 0 Å². The van der Waals surface area contributed by atoms with Gasteiger partial charge in [0.25, 0.3) is 5.69 Å². The average molecular weight is 332 g/mol. The van der Waals surface area contributed by atoms with Crippen LogP contribution < -0.4 is 4.74 Å². The smallest absolute Gasteiger partial charge is 0.303 e. The van der Waals surface area contributed by atoms with Gasteiger partial charge in [0, 0.05) is 12.5 Å². The number of benzene rings is 1. The van der Waals surface area contributed by atoms with Gasteiger partial charge in [-0.3, -0.25) is 14.9 Å². The van der Waals surface area contributed by atoms with Crippen LogP contribution in [0.25, 0.3) is 0 Å². The topological polar surface area (TPSA) is 89.7 Å². The van der Waals surface area contributed by atoms with Crippen LogP contribution in [0.5, 0.6) is 5.75 Å². The van der Waals surface area contributed by atoms with Crippen molar-refractivity contribution in [3.8, 4) is 5.75 Å². The van der Waals surface area contributed by atoms with Gasteiger partial charge < -0.3 is 9.84 Å². The zero-order valence-electron chi connectivity index (χ0n) is 10.2. The van der Waals surface area contributed by atoms with Gasteiger partial charge in [-0.1, -0.05) is 6.07 Å². The van der Waals surface area contributed by atoms with Crippen LogP contribution in [0.3, 0.4) is 0 Å². The third-order valence-corrected chi connectivity index (χ3v) is 3.23. The highest BCUT2D eigenvalue weighted by Gasteiger charge is 2.15. The predicted octanol–water partition coefficient (Wildman–Crippen LogP) is 3.38. The number of aliphatic carboxylic acids is 1. The van der Waals surface area contributed by atoms with Crippen molar-refractivity contribution < 1.29 is 19.6 Å². The van der Waals surface area contributed by atoms with E-state index in [1.807, 2.05) is 0 Å². The maximum absolute atomic E-state index is 10.7. The quantitative estimate of drug-likeness (QED) is 0.448. The van der Waals surface area contributed by atoms with Gasteiger partial charge in [-0.25, -0.2) is 0 Å². The number of rotatable bonds is 8. The van der Waals surface area contributed by atoms with Crippen LogP contribution >= 0.6 is 15.9 Å². The molecular formula is C12H14BrNO5. The Morgan fingerprint density at radius 1 is 1.37 bits per heavy atom. The summed E-state index contributed by atoms with van der Waals surface area (Å²) in [6.45, 7) is 0.402. The minimum Gasteiger partial charge on any atom is -0.492 e. The van der Waals surface area contributed by atoms with E-state index < -0.39 is 10.9 Å². The SMILES string of the molecule is O=C(O)CCCCCOc1cccc([N+](=O)[O-])c1Br. The molecule has 0 amide bonds. The van der Waals surface area contributed by atoms with Gasteiger partial charge in [-0.05, 0) is 41.3 Å². The van der Waals surface area contributed by atoms with E-state index in [1.54, 1.807) is 12.1 Å². The Morgan fingerprint density at radius 2 is 2.11 bits per heavy atom. The summed E-state index contributed by atoms with van der Waals surface area (Å²) in [7, 11) is 0. The molecule has 0 aromatic heterocycles. The number of hydrogen-bond donors (Lipinski definition) is 1. The van der Waals surface area contributed by atoms with Crippen LogP contribution in [0.4, 0.5) is 5.69 Å². The summed E-state index contributed by atoms with van der Waals surface area (Å²) in [4.78, 5) is 20.5. The van der Waals surface area contributed by atoms with Crippen molar-refractivity contribution in [3.63, 3.8) is 0 Å². The largest absolute Gasteiger partial charge is 0.492 e. The number of unbranched alkanes of at least 4 members (excludes halogenated alkanes) is 2. The number of halogens is 1. The van der Waals surface area contributed by atoms with Gasteiger partial charge >= 0.3 is 5.97 Å². The Bertz CT molecular complexity index is 463. The van der Waals surface area contributed by atoms with Crippen molar-refractivity contribution in [2.45, 2.75) is 25.7 Å². The molecule has 1 N–H and O–H groups in total. The lowest BCUT2D eigenvalue weighted by atomic mass is 10.2. The number of nitrogens with zero attached hydrogens (tertiary/aromatic N) is 1. The van der Waals surface area contributed by atoms with E-state index in [4.69, 9.17) is 9.84 Å². The first-order chi connectivity index (χ1) is 9.02. The lowest BCUT2D eigenvalue weighted by molar-refractivity contribution is -0.385. The molecule has 0 saturated carbocycles. The van der Waals surface area contributed by atoms with Crippen molar-refractivity contribution in [1.82, 2.24) is 0 Å². The van der Waals surface area contributed by atoms with Crippen LogP contribution in [0.1, 0.15) is 25.7 Å². The minimum atomic E-state index is -0.803. The molecule has 0 radical (unpaired) electrons. The summed E-state index contributed by atoms with van der Waals surface area (Å²) < 4.78 is 5.76. The van der Waals surface area contributed by atoms with E-state index in [0.29, 0.717) is 29.7 Å². The van der Waals surface area contributed by atoms with Gasteiger partial charge in [-0.2, -0.15) is 0 Å². The molecule has 1 aromatic carbocycles. The number of nitro benzene ring substituents is 1. The van der Waals surface area contributed by atoms with Crippen molar-refractivity contribution in [2.24, 2.45) is 0 Å². The number of carboxylic acids is 1. The lowest BCUT2D eigenvalue weighted by Crippen LogP contribution is -2.00. The Balaban J connectivity index is 2.39. The molecule has 6 nitrogen and oxygen atoms in total. The number of nitro groups is 1. The van der Waals surface area contributed by atoms with Crippen LogP contribution in [0, 0.1) is 10.1 Å². The molecule has 7 heteroatoms. The fraction of sp³-hybridized carbons (Fsp3) is 0.417. The van der Waals surface area contributed by atoms with E-state index in [0.717, 1.165) is 6.42 Å². The third-order valence-electron chi connectivity index (χ3n) is 2.43. The van der Waals surface area contributed by atoms with E-state index in [-0.39, 0.29) is 12.1 Å². The highest BCUT2D eigenvalue weighted by Crippen LogP contribution is 2.33. The van der Waals surface area contributed by atoms with E-state index in [1.165, 1.54) is 6.07 Å². The molecule has 0 heterocycles. The second kappa shape index (κ2) is 7.73. The molecule has 0 aliphatic carbocycles. The molecule has 0 bridgehead atoms. The summed E-state index contributed by atoms with van der Waals surface area (Å²) in [6.07, 6.45) is 2.22. The molecule has 0 saturated heterocycles. The molecule has 0 aliphatic rings. The summed E-state index contributed by atoms with van der Waals surface area (Å²) in [6, 6.07) is 4.60. The predicted molar refractivity (Wildman–Crippen MR) is 72.4 cm³/mol. The van der Waals surface area contributed by atoms with Crippen LogP contribution in [0.2, 0.25) is 0 Å². The molecule has 0 fully saturated rings. The van der Waals surface area contributed by atoms with Crippen molar-refractivity contribution in [3.05, 3.63) is 32.8 Å². The first kappa shape index (κ1) is 15.4. The third kappa shape index (κ3) is 5.25. The van der Waals surface area contributed by atoms with Crippen molar-refractivity contribution in [2.75, 3.05) is 6.61 Å². The highest BCUT2D eigenvalue weighted by atomic mass is 79.9. The second-order valence-electron chi connectivity index (χ2n) is 3.90. The summed E-state index contributed by atoms with van der Waals surface area (Å²) >= 11 is 3.14. The van der Waals surface area contributed by atoms with Gasteiger partial charge in [0.2, 0.25) is 0 Å². The standard InChI is InChI=1S/C12H14BrNO5/c13-12-9(14(17)18)5-4-6-10(12)19-8-3-1-2-7-11(15)16/h4-6H,1-3,7-8H2,(H,15,16). The number of carbonyl (C=O) groups is 1. The summed E-state index contributed by atoms with van der Waals surface area (Å²) in [5.41, 5.74) is -0.0385. The zero-order valence-corrected chi connectivity index (χ0v) is 11.8. The Kier molecular flexibility index (Phi) is 6.27. The van der Waals surface area contributed by atoms with Gasteiger partial charge in [0.05, 0.1) is 11.5 Å². The number of carboxylic acid groups (broad SMARTS) is 1. The minimum absolute atomic E-state index is 0.0385. The molecule has 0 spiro atoms. The summed E-state index contributed by atoms with van der Waals surface area (Å²) in [5.74, 6) is -0.380.